The summed E-state index contributed by atoms with van der Waals surface area (Å²) in [5.41, 5.74) is 2.46. The molecule has 1 aromatic rings. The van der Waals surface area contributed by atoms with Crippen LogP contribution in [0, 0.1) is 0 Å². The Morgan fingerprint density at radius 1 is 1.28 bits per heavy atom. The van der Waals surface area contributed by atoms with Gasteiger partial charge in [0.25, 0.3) is 0 Å². The van der Waals surface area contributed by atoms with Crippen molar-refractivity contribution in [1.82, 2.24) is 0 Å². The smallest absolute Gasteiger partial charge is 0.0814 e. The van der Waals surface area contributed by atoms with E-state index in [0.29, 0.717) is 0 Å². The summed E-state index contributed by atoms with van der Waals surface area (Å²) in [4.78, 5) is 0. The molecule has 2 unspecified atom stereocenters. The molecule has 0 spiro atoms. The second-order valence-electron chi connectivity index (χ2n) is 6.26. The molecule has 18 heavy (non-hydrogen) atoms. The maximum Gasteiger partial charge on any atom is 0.0814 e. The second kappa shape index (κ2) is 5.41. The number of rotatable bonds is 3. The molecule has 0 saturated carbocycles. The summed E-state index contributed by atoms with van der Waals surface area (Å²) < 4.78 is 5.56. The van der Waals surface area contributed by atoms with Gasteiger partial charge in [0.15, 0.2) is 0 Å². The molecule has 0 radical (unpaired) electrons. The minimum absolute atomic E-state index is 0.165. The van der Waals surface area contributed by atoms with Crippen LogP contribution in [0.1, 0.15) is 57.3 Å². The average Bonchev–Trinajstić information content (AvgIpc) is 2.81. The molecule has 1 fully saturated rings. The number of benzene rings is 1. The molecule has 2 rings (SSSR count). The van der Waals surface area contributed by atoms with Gasteiger partial charge in [-0.1, -0.05) is 45.0 Å². The van der Waals surface area contributed by atoms with Crippen LogP contribution in [-0.4, -0.2) is 17.8 Å². The van der Waals surface area contributed by atoms with E-state index in [4.69, 9.17) is 4.74 Å². The van der Waals surface area contributed by atoms with Gasteiger partial charge in [0.2, 0.25) is 0 Å². The van der Waals surface area contributed by atoms with E-state index < -0.39 is 6.10 Å². The molecule has 0 amide bonds. The van der Waals surface area contributed by atoms with Crippen molar-refractivity contribution in [3.8, 4) is 0 Å². The van der Waals surface area contributed by atoms with Gasteiger partial charge in [0.05, 0.1) is 12.2 Å². The molecule has 0 aromatic heterocycles. The molecule has 1 aliphatic heterocycles. The first-order valence-electron chi connectivity index (χ1n) is 6.87. The van der Waals surface area contributed by atoms with Crippen LogP contribution < -0.4 is 0 Å². The van der Waals surface area contributed by atoms with E-state index in [2.05, 4.69) is 32.9 Å². The summed E-state index contributed by atoms with van der Waals surface area (Å²) in [6, 6.07) is 8.32. The van der Waals surface area contributed by atoms with E-state index in [9.17, 15) is 5.11 Å². The maximum absolute atomic E-state index is 10.2. The summed E-state index contributed by atoms with van der Waals surface area (Å²) in [6.45, 7) is 7.45. The molecule has 1 N–H and O–H groups in total. The van der Waals surface area contributed by atoms with Crippen LogP contribution in [0.3, 0.4) is 0 Å². The minimum atomic E-state index is -0.401. The summed E-state index contributed by atoms with van der Waals surface area (Å²) in [7, 11) is 0. The molecule has 100 valence electrons. The van der Waals surface area contributed by atoms with E-state index in [0.717, 1.165) is 31.4 Å². The topological polar surface area (TPSA) is 29.5 Å². The van der Waals surface area contributed by atoms with Gasteiger partial charge in [-0.25, -0.2) is 0 Å². The molecule has 2 atom stereocenters. The average molecular weight is 248 g/mol. The Morgan fingerprint density at radius 3 is 2.44 bits per heavy atom. The Bertz CT molecular complexity index is 369. The third-order valence-corrected chi connectivity index (χ3v) is 3.67. The molecular weight excluding hydrogens is 224 g/mol. The van der Waals surface area contributed by atoms with E-state index in [1.165, 1.54) is 5.56 Å². The zero-order valence-electron chi connectivity index (χ0n) is 11.6. The van der Waals surface area contributed by atoms with Crippen LogP contribution in [0.25, 0.3) is 0 Å². The third kappa shape index (κ3) is 3.33. The quantitative estimate of drug-likeness (QED) is 0.886. The van der Waals surface area contributed by atoms with Crippen molar-refractivity contribution >= 4 is 0 Å². The predicted octanol–water partition coefficient (Wildman–Crippen LogP) is 3.59. The number of ether oxygens (including phenoxy) is 1. The molecule has 1 aromatic carbocycles. The largest absolute Gasteiger partial charge is 0.388 e. The van der Waals surface area contributed by atoms with Crippen LogP contribution in [0.4, 0.5) is 0 Å². The monoisotopic (exact) mass is 248 g/mol. The molecule has 2 heteroatoms. The molecule has 0 bridgehead atoms. The van der Waals surface area contributed by atoms with Crippen molar-refractivity contribution in [3.05, 3.63) is 35.4 Å². The molecular formula is C16H24O2. The van der Waals surface area contributed by atoms with Crippen molar-refractivity contribution in [2.75, 3.05) is 6.61 Å². The van der Waals surface area contributed by atoms with Crippen LogP contribution in [-0.2, 0) is 10.2 Å². The zero-order chi connectivity index (χ0) is 13.2. The molecule has 1 heterocycles. The molecule has 1 aliphatic rings. The highest BCUT2D eigenvalue weighted by Crippen LogP contribution is 2.27. The van der Waals surface area contributed by atoms with Gasteiger partial charge < -0.3 is 9.84 Å². The van der Waals surface area contributed by atoms with Crippen molar-refractivity contribution in [3.63, 3.8) is 0 Å². The van der Waals surface area contributed by atoms with Crippen LogP contribution >= 0.6 is 0 Å². The van der Waals surface area contributed by atoms with Gasteiger partial charge in [0, 0.05) is 13.0 Å². The molecule has 1 saturated heterocycles. The number of aliphatic hydroxyl groups excluding tert-OH is 1. The van der Waals surface area contributed by atoms with Crippen LogP contribution in [0.15, 0.2) is 24.3 Å². The van der Waals surface area contributed by atoms with E-state index in [1.807, 2.05) is 12.1 Å². The van der Waals surface area contributed by atoms with Gasteiger partial charge >= 0.3 is 0 Å². The summed E-state index contributed by atoms with van der Waals surface area (Å²) in [6.07, 6.45) is 2.76. The van der Waals surface area contributed by atoms with E-state index in [-0.39, 0.29) is 11.5 Å². The Labute approximate surface area is 110 Å². The van der Waals surface area contributed by atoms with Gasteiger partial charge in [-0.15, -0.1) is 0 Å². The fourth-order valence-electron chi connectivity index (χ4n) is 2.42. The lowest BCUT2D eigenvalue weighted by Crippen LogP contribution is -2.13. The fourth-order valence-corrected chi connectivity index (χ4v) is 2.42. The Morgan fingerprint density at radius 2 is 1.94 bits per heavy atom. The summed E-state index contributed by atoms with van der Waals surface area (Å²) in [5, 5.41) is 10.2. The van der Waals surface area contributed by atoms with Gasteiger partial charge in [-0.3, -0.25) is 0 Å². The minimum Gasteiger partial charge on any atom is -0.388 e. The van der Waals surface area contributed by atoms with Gasteiger partial charge in [-0.2, -0.15) is 0 Å². The highest BCUT2D eigenvalue weighted by molar-refractivity contribution is 5.28. The lowest BCUT2D eigenvalue weighted by Gasteiger charge is -2.20. The standard InChI is InChI=1S/C16H24O2/c1-16(2,3)13-8-6-12(7-9-13)15(17)11-14-5-4-10-18-14/h6-9,14-15,17H,4-5,10-11H2,1-3H3. The van der Waals surface area contributed by atoms with Crippen molar-refractivity contribution in [2.24, 2.45) is 0 Å². The molecule has 0 aliphatic carbocycles. The first-order chi connectivity index (χ1) is 8.47. The highest BCUT2D eigenvalue weighted by atomic mass is 16.5. The van der Waals surface area contributed by atoms with E-state index in [1.54, 1.807) is 0 Å². The first-order valence-corrected chi connectivity index (χ1v) is 6.87. The Balaban J connectivity index is 2.00. The number of hydrogen-bond donors (Lipinski definition) is 1. The lowest BCUT2D eigenvalue weighted by molar-refractivity contribution is 0.0535. The molecule has 2 nitrogen and oxygen atoms in total. The number of aliphatic hydroxyl groups is 1. The second-order valence-corrected chi connectivity index (χ2v) is 6.26. The van der Waals surface area contributed by atoms with Gasteiger partial charge in [-0.05, 0) is 29.4 Å². The zero-order valence-corrected chi connectivity index (χ0v) is 11.6. The van der Waals surface area contributed by atoms with Crippen LogP contribution in [0.2, 0.25) is 0 Å². The van der Waals surface area contributed by atoms with Crippen LogP contribution in [0.5, 0.6) is 0 Å². The highest BCUT2D eigenvalue weighted by Gasteiger charge is 2.21. The SMILES string of the molecule is CC(C)(C)c1ccc(C(O)CC2CCCO2)cc1. The van der Waals surface area contributed by atoms with E-state index >= 15 is 0 Å². The van der Waals surface area contributed by atoms with Crippen molar-refractivity contribution in [1.29, 1.82) is 0 Å². The Hall–Kier alpha value is -0.860. The first kappa shape index (κ1) is 13.6. The Kier molecular flexibility index (Phi) is 4.08. The summed E-state index contributed by atoms with van der Waals surface area (Å²) in [5.74, 6) is 0. The normalized spacial score (nSPS) is 22.1. The van der Waals surface area contributed by atoms with Gasteiger partial charge in [0.1, 0.15) is 0 Å². The summed E-state index contributed by atoms with van der Waals surface area (Å²) >= 11 is 0. The maximum atomic E-state index is 10.2. The predicted molar refractivity (Wildman–Crippen MR) is 73.7 cm³/mol. The lowest BCUT2D eigenvalue weighted by atomic mass is 9.86. The third-order valence-electron chi connectivity index (χ3n) is 3.67. The van der Waals surface area contributed by atoms with Crippen molar-refractivity contribution in [2.45, 2.75) is 57.7 Å². The number of hydrogen-bond acceptors (Lipinski definition) is 2. The van der Waals surface area contributed by atoms with Crippen molar-refractivity contribution < 1.29 is 9.84 Å². The fraction of sp³-hybridized carbons (Fsp3) is 0.625.